The molecule has 6 heteroatoms. The van der Waals surface area contributed by atoms with Crippen LogP contribution in [0, 0.1) is 5.82 Å². The van der Waals surface area contributed by atoms with Crippen molar-refractivity contribution in [2.75, 3.05) is 20.2 Å². The minimum absolute atomic E-state index is 0.0208. The Balaban J connectivity index is 1.62. The Morgan fingerprint density at radius 3 is 3.12 bits per heavy atom. The van der Waals surface area contributed by atoms with E-state index in [1.165, 1.54) is 36.6 Å². The number of amides is 1. The number of carbonyl (C=O) groups excluding carboxylic acids is 1. The largest absolute Gasteiger partial charge is 0.496 e. The Kier molecular flexibility index (Phi) is 3.55. The zero-order valence-electron chi connectivity index (χ0n) is 13.6. The van der Waals surface area contributed by atoms with Crippen LogP contribution in [0.25, 0.3) is 0 Å². The Hall–Kier alpha value is -2.37. The van der Waals surface area contributed by atoms with Crippen LogP contribution in [0.15, 0.2) is 24.4 Å². The highest BCUT2D eigenvalue weighted by Crippen LogP contribution is 2.44. The number of hydrogen-bond acceptors (Lipinski definition) is 3. The first kappa shape index (κ1) is 15.2. The summed E-state index contributed by atoms with van der Waals surface area (Å²) in [5, 5.41) is 7.31. The molecule has 1 aliphatic carbocycles. The quantitative estimate of drug-likeness (QED) is 0.921. The van der Waals surface area contributed by atoms with Crippen molar-refractivity contribution < 1.29 is 13.9 Å². The van der Waals surface area contributed by atoms with Gasteiger partial charge >= 0.3 is 0 Å². The van der Waals surface area contributed by atoms with Gasteiger partial charge in [0, 0.05) is 30.3 Å². The van der Waals surface area contributed by atoms with E-state index in [9.17, 15) is 9.18 Å². The highest BCUT2D eigenvalue weighted by Gasteiger charge is 2.44. The van der Waals surface area contributed by atoms with E-state index in [4.69, 9.17) is 4.74 Å². The molecule has 1 aliphatic heterocycles. The molecule has 2 aromatic rings. The molecule has 1 aromatic carbocycles. The maximum absolute atomic E-state index is 13.4. The van der Waals surface area contributed by atoms with E-state index in [-0.39, 0.29) is 17.1 Å². The summed E-state index contributed by atoms with van der Waals surface area (Å²) in [7, 11) is 1.46. The summed E-state index contributed by atoms with van der Waals surface area (Å²) >= 11 is 0. The molecule has 0 saturated carbocycles. The summed E-state index contributed by atoms with van der Waals surface area (Å²) in [5.41, 5.74) is 2.85. The van der Waals surface area contributed by atoms with Gasteiger partial charge in [-0.15, -0.1) is 0 Å². The van der Waals surface area contributed by atoms with Gasteiger partial charge in [-0.1, -0.05) is 0 Å². The topological polar surface area (TPSA) is 58.2 Å². The first-order chi connectivity index (χ1) is 11.6. The van der Waals surface area contributed by atoms with Crippen molar-refractivity contribution in [3.63, 3.8) is 0 Å². The second-order valence-corrected chi connectivity index (χ2v) is 6.73. The second-order valence-electron chi connectivity index (χ2n) is 6.73. The number of fused-ring (bicyclic) bond motifs is 2. The summed E-state index contributed by atoms with van der Waals surface area (Å²) in [5.74, 6) is -0.219. The lowest BCUT2D eigenvalue weighted by atomic mass is 9.77. The van der Waals surface area contributed by atoms with Crippen molar-refractivity contribution in [3.8, 4) is 5.75 Å². The predicted octanol–water partition coefficient (Wildman–Crippen LogP) is 2.68. The van der Waals surface area contributed by atoms with Gasteiger partial charge in [0.1, 0.15) is 11.6 Å². The number of ether oxygens (including phenoxy) is 1. The van der Waals surface area contributed by atoms with Gasteiger partial charge in [0.2, 0.25) is 0 Å². The molecule has 1 N–H and O–H groups in total. The summed E-state index contributed by atoms with van der Waals surface area (Å²) in [6, 6.07) is 4.07. The fraction of sp³-hybridized carbons (Fsp3) is 0.444. The van der Waals surface area contributed by atoms with Gasteiger partial charge < -0.3 is 9.64 Å². The summed E-state index contributed by atoms with van der Waals surface area (Å²) in [6.45, 7) is 1.38. The molecular weight excluding hydrogens is 309 g/mol. The van der Waals surface area contributed by atoms with Gasteiger partial charge in [0.25, 0.3) is 5.91 Å². The van der Waals surface area contributed by atoms with Crippen molar-refractivity contribution >= 4 is 5.91 Å². The van der Waals surface area contributed by atoms with E-state index in [1.54, 1.807) is 0 Å². The fourth-order valence-corrected chi connectivity index (χ4v) is 4.18. The van der Waals surface area contributed by atoms with Crippen LogP contribution >= 0.6 is 0 Å². The molecule has 5 nitrogen and oxygen atoms in total. The Morgan fingerprint density at radius 2 is 2.29 bits per heavy atom. The number of halogens is 1. The van der Waals surface area contributed by atoms with Gasteiger partial charge in [-0.2, -0.15) is 5.10 Å². The van der Waals surface area contributed by atoms with E-state index in [2.05, 4.69) is 10.2 Å². The van der Waals surface area contributed by atoms with Gasteiger partial charge in [-0.05, 0) is 43.4 Å². The van der Waals surface area contributed by atoms with Crippen LogP contribution in [-0.4, -0.2) is 41.2 Å². The molecule has 1 spiro atoms. The smallest absolute Gasteiger partial charge is 0.257 e. The molecule has 2 aliphatic rings. The number of hydrogen-bond donors (Lipinski definition) is 1. The minimum atomic E-state index is -0.406. The van der Waals surface area contributed by atoms with Crippen molar-refractivity contribution in [2.24, 2.45) is 0 Å². The lowest BCUT2D eigenvalue weighted by Gasteiger charge is -2.40. The molecule has 1 aromatic heterocycles. The first-order valence-corrected chi connectivity index (χ1v) is 8.28. The molecule has 1 saturated heterocycles. The molecule has 1 atom stereocenters. The summed E-state index contributed by atoms with van der Waals surface area (Å²) < 4.78 is 18.6. The van der Waals surface area contributed by atoms with Crippen LogP contribution in [0.4, 0.5) is 4.39 Å². The number of rotatable bonds is 2. The van der Waals surface area contributed by atoms with E-state index < -0.39 is 5.82 Å². The predicted molar refractivity (Wildman–Crippen MR) is 86.7 cm³/mol. The number of aryl methyl sites for hydroxylation is 1. The lowest BCUT2D eigenvalue weighted by Crippen LogP contribution is -2.47. The van der Waals surface area contributed by atoms with Crippen LogP contribution < -0.4 is 4.74 Å². The van der Waals surface area contributed by atoms with Gasteiger partial charge in [0.05, 0.1) is 18.9 Å². The third-order valence-corrected chi connectivity index (χ3v) is 5.38. The van der Waals surface area contributed by atoms with Crippen molar-refractivity contribution in [3.05, 3.63) is 47.0 Å². The van der Waals surface area contributed by atoms with Crippen LogP contribution in [0.5, 0.6) is 5.75 Å². The third-order valence-electron chi connectivity index (χ3n) is 5.38. The average molecular weight is 329 g/mol. The van der Waals surface area contributed by atoms with Gasteiger partial charge in [0.15, 0.2) is 0 Å². The SMILES string of the molecule is COc1cc(F)ccc1C(=O)N1CCCC2(CCc3cn[nH]c32)C1. The van der Waals surface area contributed by atoms with E-state index in [0.29, 0.717) is 18.7 Å². The number of H-pyrrole nitrogens is 1. The Morgan fingerprint density at radius 1 is 1.42 bits per heavy atom. The van der Waals surface area contributed by atoms with E-state index in [0.717, 1.165) is 25.7 Å². The van der Waals surface area contributed by atoms with Gasteiger partial charge in [-0.3, -0.25) is 9.89 Å². The van der Waals surface area contributed by atoms with Crippen LogP contribution in [0.1, 0.15) is 40.9 Å². The van der Waals surface area contributed by atoms with Gasteiger partial charge in [-0.25, -0.2) is 4.39 Å². The van der Waals surface area contributed by atoms with E-state index in [1.807, 2.05) is 11.1 Å². The molecule has 2 heterocycles. The molecular formula is C18H20FN3O2. The standard InChI is InChI=1S/C18H20FN3O2/c1-24-15-9-13(19)3-4-14(15)17(23)22-8-2-6-18(11-22)7-5-12-10-20-21-16(12)18/h3-4,9-10H,2,5-8,11H2,1H3,(H,20,21). The number of nitrogens with zero attached hydrogens (tertiary/aromatic N) is 2. The molecule has 0 radical (unpaired) electrons. The Bertz CT molecular complexity index is 788. The molecule has 1 fully saturated rings. The highest BCUT2D eigenvalue weighted by atomic mass is 19.1. The maximum Gasteiger partial charge on any atom is 0.257 e. The summed E-state index contributed by atoms with van der Waals surface area (Å²) in [4.78, 5) is 14.8. The van der Waals surface area contributed by atoms with Crippen molar-refractivity contribution in [2.45, 2.75) is 31.1 Å². The molecule has 126 valence electrons. The number of methoxy groups -OCH3 is 1. The normalized spacial score (nSPS) is 22.7. The molecule has 1 unspecified atom stereocenters. The Labute approximate surface area is 139 Å². The zero-order chi connectivity index (χ0) is 16.7. The van der Waals surface area contributed by atoms with Crippen LogP contribution in [-0.2, 0) is 11.8 Å². The van der Waals surface area contributed by atoms with Crippen molar-refractivity contribution in [1.29, 1.82) is 0 Å². The van der Waals surface area contributed by atoms with E-state index >= 15 is 0 Å². The zero-order valence-corrected chi connectivity index (χ0v) is 13.6. The van der Waals surface area contributed by atoms with Crippen molar-refractivity contribution in [1.82, 2.24) is 15.1 Å². The first-order valence-electron chi connectivity index (χ1n) is 8.28. The number of likely N-dealkylation sites (tertiary alicyclic amines) is 1. The lowest BCUT2D eigenvalue weighted by molar-refractivity contribution is 0.0629. The third kappa shape index (κ3) is 2.28. The van der Waals surface area contributed by atoms with Crippen LogP contribution in [0.2, 0.25) is 0 Å². The highest BCUT2D eigenvalue weighted by molar-refractivity contribution is 5.97. The molecule has 24 heavy (non-hydrogen) atoms. The number of piperidine rings is 1. The minimum Gasteiger partial charge on any atom is -0.496 e. The van der Waals surface area contributed by atoms with Crippen LogP contribution in [0.3, 0.4) is 0 Å². The fourth-order valence-electron chi connectivity index (χ4n) is 4.18. The molecule has 1 amide bonds. The monoisotopic (exact) mass is 329 g/mol. The second kappa shape index (κ2) is 5.61. The molecule has 0 bridgehead atoms. The average Bonchev–Trinajstić information content (AvgIpc) is 3.19. The summed E-state index contributed by atoms with van der Waals surface area (Å²) in [6.07, 6.45) is 5.96. The number of benzene rings is 1. The maximum atomic E-state index is 13.4. The number of carbonyl (C=O) groups is 1. The number of aromatic nitrogens is 2. The molecule has 4 rings (SSSR count). The number of nitrogens with one attached hydrogen (secondary N) is 1. The number of aromatic amines is 1.